The van der Waals surface area contributed by atoms with Gasteiger partial charge in [-0.05, 0) is 60.0 Å². The second kappa shape index (κ2) is 15.0. The van der Waals surface area contributed by atoms with Crippen LogP contribution in [0.3, 0.4) is 0 Å². The number of amides is 1. The number of carbonyl (C=O) groups is 2. The largest absolute Gasteiger partial charge is 0.453 e. The number of ether oxygens (including phenoxy) is 3. The van der Waals surface area contributed by atoms with Crippen molar-refractivity contribution in [3.63, 3.8) is 0 Å². The van der Waals surface area contributed by atoms with Gasteiger partial charge in [0.25, 0.3) is 5.91 Å². The molecule has 46 heavy (non-hydrogen) atoms. The third kappa shape index (κ3) is 8.00. The van der Waals surface area contributed by atoms with Gasteiger partial charge in [-0.25, -0.2) is 0 Å². The number of rotatable bonds is 11. The van der Waals surface area contributed by atoms with Crippen LogP contribution in [-0.4, -0.2) is 47.7 Å². The Labute approximate surface area is 271 Å². The highest BCUT2D eigenvalue weighted by Crippen LogP contribution is 2.42. The van der Waals surface area contributed by atoms with E-state index in [1.54, 1.807) is 6.92 Å². The van der Waals surface area contributed by atoms with Crippen molar-refractivity contribution in [1.82, 2.24) is 10.2 Å². The molecule has 1 aliphatic rings. The Morgan fingerprint density at radius 2 is 1.54 bits per heavy atom. The number of nitrogens with one attached hydrogen (secondary N) is 1. The highest BCUT2D eigenvalue weighted by atomic mass is 16.7. The molecule has 6 atom stereocenters. The van der Waals surface area contributed by atoms with E-state index in [9.17, 15) is 14.7 Å². The molecule has 1 aliphatic heterocycles. The van der Waals surface area contributed by atoms with Crippen molar-refractivity contribution >= 4 is 22.6 Å². The van der Waals surface area contributed by atoms with Crippen molar-refractivity contribution in [3.8, 4) is 0 Å². The zero-order valence-electron chi connectivity index (χ0n) is 27.2. The van der Waals surface area contributed by atoms with Gasteiger partial charge >= 0.3 is 5.97 Å². The summed E-state index contributed by atoms with van der Waals surface area (Å²) in [7, 11) is 2.14. The number of carbonyl (C=O) groups excluding carboxylic acids is 2. The fourth-order valence-electron chi connectivity index (χ4n) is 5.92. The van der Waals surface area contributed by atoms with Crippen molar-refractivity contribution < 1.29 is 28.9 Å². The van der Waals surface area contributed by atoms with Crippen LogP contribution in [0.25, 0.3) is 10.8 Å². The third-order valence-corrected chi connectivity index (χ3v) is 8.94. The maximum atomic E-state index is 12.3. The minimum atomic E-state index is -0.856. The number of nitrogens with zero attached hydrogens (tertiary/aromatic N) is 1. The molecular weight excluding hydrogens is 580 g/mol. The smallest absolute Gasteiger partial charge is 0.303 e. The minimum absolute atomic E-state index is 0.0113. The number of fused-ring (bicyclic) bond motifs is 1. The monoisotopic (exact) mass is 624 g/mol. The summed E-state index contributed by atoms with van der Waals surface area (Å²) in [6.45, 7) is 8.20. The van der Waals surface area contributed by atoms with Crippen molar-refractivity contribution in [2.24, 2.45) is 5.92 Å². The summed E-state index contributed by atoms with van der Waals surface area (Å²) in [5.41, 5.74) is 4.91. The topological polar surface area (TPSA) is 97.3 Å². The van der Waals surface area contributed by atoms with Crippen molar-refractivity contribution in [1.29, 1.82) is 0 Å². The Kier molecular flexibility index (Phi) is 10.9. The molecule has 0 radical (unpaired) electrons. The van der Waals surface area contributed by atoms with E-state index in [-0.39, 0.29) is 36.7 Å². The quantitative estimate of drug-likeness (QED) is 0.187. The van der Waals surface area contributed by atoms with Crippen LogP contribution in [0.2, 0.25) is 0 Å². The fraction of sp³-hybridized carbons (Fsp3) is 0.368. The van der Waals surface area contributed by atoms with Gasteiger partial charge in [0.05, 0.1) is 18.8 Å². The molecule has 242 valence electrons. The Morgan fingerprint density at radius 3 is 2.22 bits per heavy atom. The molecule has 0 unspecified atom stereocenters. The van der Waals surface area contributed by atoms with Gasteiger partial charge < -0.3 is 24.6 Å². The zero-order chi connectivity index (χ0) is 32.8. The molecule has 1 heterocycles. The molecule has 0 spiro atoms. The second-order valence-electron chi connectivity index (χ2n) is 12.3. The van der Waals surface area contributed by atoms with Crippen LogP contribution in [0.5, 0.6) is 0 Å². The first-order chi connectivity index (χ1) is 22.1. The van der Waals surface area contributed by atoms with E-state index < -0.39 is 18.4 Å². The Hall–Kier alpha value is -4.08. The van der Waals surface area contributed by atoms with E-state index in [1.165, 1.54) is 23.3 Å². The van der Waals surface area contributed by atoms with E-state index in [4.69, 9.17) is 14.2 Å². The summed E-state index contributed by atoms with van der Waals surface area (Å²) in [5, 5.41) is 14.8. The van der Waals surface area contributed by atoms with Gasteiger partial charge in [-0.2, -0.15) is 0 Å². The predicted molar refractivity (Wildman–Crippen MR) is 177 cm³/mol. The Bertz CT molecular complexity index is 1620. The summed E-state index contributed by atoms with van der Waals surface area (Å²) in [6.07, 6.45) is -1.80. The Balaban J connectivity index is 1.32. The summed E-state index contributed by atoms with van der Waals surface area (Å²) in [5.74, 6) is -0.799. The van der Waals surface area contributed by atoms with Gasteiger partial charge in [0, 0.05) is 37.5 Å². The number of esters is 1. The molecule has 0 aromatic heterocycles. The molecule has 4 aromatic carbocycles. The maximum absolute atomic E-state index is 12.3. The lowest BCUT2D eigenvalue weighted by atomic mass is 9.89. The summed E-state index contributed by atoms with van der Waals surface area (Å²) in [4.78, 5) is 25.8. The van der Waals surface area contributed by atoms with Crippen LogP contribution >= 0.6 is 0 Å². The molecule has 0 bridgehead atoms. The standard InChI is InChI=1S/C38H44N2O6/c1-24-35(22-40(5)25(2)33-19-18-30-8-6-7-9-34(30)20-33)45-38(46-36(24)31-14-12-29(23-41)13-15-31)32-16-10-28(11-17-32)21-39-37(43)26(3)44-27(4)42/h6-20,24-26,35-36,38,41H,21-23H2,1-5H3,(H,39,43)/t24-,25-,26+,35+,36+,38+/m1/s1. The average molecular weight is 625 g/mol. The summed E-state index contributed by atoms with van der Waals surface area (Å²) >= 11 is 0. The van der Waals surface area contributed by atoms with Crippen molar-refractivity contribution in [2.75, 3.05) is 13.6 Å². The van der Waals surface area contributed by atoms with Crippen LogP contribution in [0.4, 0.5) is 0 Å². The maximum Gasteiger partial charge on any atom is 0.303 e. The van der Waals surface area contributed by atoms with Crippen LogP contribution in [0.15, 0.2) is 91.0 Å². The first-order valence-electron chi connectivity index (χ1n) is 15.9. The lowest BCUT2D eigenvalue weighted by molar-refractivity contribution is -0.276. The van der Waals surface area contributed by atoms with Crippen LogP contribution in [0.1, 0.15) is 73.9 Å². The molecule has 2 N–H and O–H groups in total. The molecule has 1 fully saturated rings. The SMILES string of the molecule is CC(=O)O[C@@H](C)C(=O)NCc1ccc([C@H]2O[C@@H](CN(C)[C@H](C)c3ccc4ccccc4c3)[C@@H](C)[C@@H](c3ccc(CO)cc3)O2)cc1. The second-order valence-corrected chi connectivity index (χ2v) is 12.3. The average Bonchev–Trinajstić information content (AvgIpc) is 3.07. The van der Waals surface area contributed by atoms with E-state index in [0.29, 0.717) is 13.1 Å². The van der Waals surface area contributed by atoms with E-state index in [0.717, 1.165) is 22.3 Å². The molecule has 0 saturated carbocycles. The van der Waals surface area contributed by atoms with Gasteiger partial charge in [-0.15, -0.1) is 0 Å². The van der Waals surface area contributed by atoms with Crippen LogP contribution in [0, 0.1) is 5.92 Å². The van der Waals surface area contributed by atoms with Gasteiger partial charge in [0.2, 0.25) is 0 Å². The molecule has 1 amide bonds. The number of aliphatic hydroxyl groups is 1. The number of likely N-dealkylation sites (N-methyl/N-ethyl adjacent to an activating group) is 1. The molecule has 5 rings (SSSR count). The van der Waals surface area contributed by atoms with Crippen LogP contribution in [-0.2, 0) is 37.0 Å². The Morgan fingerprint density at radius 1 is 0.891 bits per heavy atom. The highest BCUT2D eigenvalue weighted by molar-refractivity contribution is 5.83. The first kappa shape index (κ1) is 33.3. The molecule has 8 nitrogen and oxygen atoms in total. The lowest BCUT2D eigenvalue weighted by Crippen LogP contribution is -2.44. The molecule has 4 aromatic rings. The van der Waals surface area contributed by atoms with E-state index >= 15 is 0 Å². The van der Waals surface area contributed by atoms with Gasteiger partial charge in [0.1, 0.15) is 0 Å². The van der Waals surface area contributed by atoms with Gasteiger partial charge in [0.15, 0.2) is 12.4 Å². The van der Waals surface area contributed by atoms with E-state index in [1.807, 2.05) is 48.5 Å². The van der Waals surface area contributed by atoms with Gasteiger partial charge in [-0.3, -0.25) is 14.5 Å². The molecule has 1 saturated heterocycles. The van der Waals surface area contributed by atoms with Crippen molar-refractivity contribution in [3.05, 3.63) is 119 Å². The summed E-state index contributed by atoms with van der Waals surface area (Å²) < 4.78 is 18.3. The fourth-order valence-corrected chi connectivity index (χ4v) is 5.92. The molecule has 0 aliphatic carbocycles. The zero-order valence-corrected chi connectivity index (χ0v) is 27.2. The number of hydrogen-bond donors (Lipinski definition) is 2. The minimum Gasteiger partial charge on any atom is -0.453 e. The van der Waals surface area contributed by atoms with Crippen LogP contribution < -0.4 is 5.32 Å². The molecular formula is C38H44N2O6. The normalized spacial score (nSPS) is 21.1. The lowest BCUT2D eigenvalue weighted by Gasteiger charge is -2.43. The third-order valence-electron chi connectivity index (χ3n) is 8.94. The van der Waals surface area contributed by atoms with Gasteiger partial charge in [-0.1, -0.05) is 91.9 Å². The number of benzene rings is 4. The predicted octanol–water partition coefficient (Wildman–Crippen LogP) is 6.38. The van der Waals surface area contributed by atoms with E-state index in [2.05, 4.69) is 73.6 Å². The molecule has 8 heteroatoms. The number of hydrogen-bond acceptors (Lipinski definition) is 7. The summed E-state index contributed by atoms with van der Waals surface area (Å²) in [6, 6.07) is 30.9. The highest BCUT2D eigenvalue weighted by Gasteiger charge is 2.39. The first-order valence-corrected chi connectivity index (χ1v) is 15.9. The number of aliphatic hydroxyl groups excluding tert-OH is 1. The van der Waals surface area contributed by atoms with Crippen molar-refractivity contribution in [2.45, 2.75) is 71.5 Å².